The van der Waals surface area contributed by atoms with Gasteiger partial charge in [-0.1, -0.05) is 31.2 Å². The van der Waals surface area contributed by atoms with Crippen LogP contribution in [0.2, 0.25) is 30.8 Å². The minimum Gasteiger partial charge on any atom is -0.465 e. The first-order valence-corrected chi connectivity index (χ1v) is 11.9. The number of esters is 1. The van der Waals surface area contributed by atoms with E-state index < -0.39 is 14.0 Å². The fourth-order valence-corrected chi connectivity index (χ4v) is 3.53. The minimum absolute atomic E-state index is 0.302. The predicted octanol–water partition coefficient (Wildman–Crippen LogP) is 3.80. The van der Waals surface area contributed by atoms with Gasteiger partial charge in [0.05, 0.1) is 7.11 Å². The van der Waals surface area contributed by atoms with E-state index in [9.17, 15) is 4.79 Å². The van der Waals surface area contributed by atoms with Gasteiger partial charge in [0.1, 0.15) is 29.2 Å². The predicted molar refractivity (Wildman–Crippen MR) is 97.5 cm³/mol. The molecule has 0 aliphatic carbocycles. The van der Waals surface area contributed by atoms with Crippen molar-refractivity contribution in [2.24, 2.45) is 0 Å². The zero-order valence-corrected chi connectivity index (χ0v) is 16.8. The van der Waals surface area contributed by atoms with E-state index in [0.29, 0.717) is 46.6 Å². The number of halogens is 1. The molecule has 0 bridgehead atoms. The first kappa shape index (κ1) is 18.9. The molecule has 0 N–H and O–H groups in total. The maximum Gasteiger partial charge on any atom is 0.341 e. The third-order valence-electron chi connectivity index (χ3n) is 3.83. The Morgan fingerprint density at radius 2 is 1.92 bits per heavy atom. The SMILES string of the molecule is COC(=O)c1c(C)n(COCC[Si](C)(C)C)c2c(Cl)nc(C)nc12. The van der Waals surface area contributed by atoms with E-state index in [1.54, 1.807) is 6.92 Å². The van der Waals surface area contributed by atoms with Gasteiger partial charge in [-0.3, -0.25) is 0 Å². The second-order valence-corrected chi connectivity index (χ2v) is 13.0. The second-order valence-electron chi connectivity index (χ2n) is 6.99. The van der Waals surface area contributed by atoms with Gasteiger partial charge in [0, 0.05) is 20.4 Å². The Morgan fingerprint density at radius 1 is 1.25 bits per heavy atom. The van der Waals surface area contributed by atoms with Crippen LogP contribution < -0.4 is 0 Å². The second kappa shape index (κ2) is 7.21. The summed E-state index contributed by atoms with van der Waals surface area (Å²) in [5.74, 6) is 0.0713. The topological polar surface area (TPSA) is 66.2 Å². The smallest absolute Gasteiger partial charge is 0.341 e. The molecule has 132 valence electrons. The maximum atomic E-state index is 12.2. The largest absolute Gasteiger partial charge is 0.465 e. The van der Waals surface area contributed by atoms with E-state index in [-0.39, 0.29) is 0 Å². The molecule has 0 fully saturated rings. The van der Waals surface area contributed by atoms with E-state index >= 15 is 0 Å². The van der Waals surface area contributed by atoms with E-state index in [1.165, 1.54) is 7.11 Å². The molecule has 2 heterocycles. The maximum absolute atomic E-state index is 12.2. The molecule has 0 atom stereocenters. The molecule has 2 rings (SSSR count). The first-order valence-electron chi connectivity index (χ1n) is 7.84. The van der Waals surface area contributed by atoms with Gasteiger partial charge in [-0.05, 0) is 19.9 Å². The number of hydrogen-bond donors (Lipinski definition) is 0. The number of aromatic nitrogens is 3. The van der Waals surface area contributed by atoms with Crippen molar-refractivity contribution in [1.29, 1.82) is 0 Å². The molecule has 0 aliphatic heterocycles. The zero-order valence-electron chi connectivity index (χ0n) is 15.1. The number of rotatable bonds is 6. The van der Waals surface area contributed by atoms with Gasteiger partial charge in [-0.25, -0.2) is 14.8 Å². The van der Waals surface area contributed by atoms with Crippen LogP contribution in [0.1, 0.15) is 21.9 Å². The van der Waals surface area contributed by atoms with Gasteiger partial charge in [0.15, 0.2) is 5.15 Å². The van der Waals surface area contributed by atoms with E-state index in [2.05, 4.69) is 29.6 Å². The van der Waals surface area contributed by atoms with Crippen LogP contribution in [0.5, 0.6) is 0 Å². The standard InChI is InChI=1S/C16H24ClN3O3Si/c1-10-12(16(21)22-3)13-14(15(17)19-11(2)18-13)20(10)9-23-7-8-24(4,5)6/h7-9H2,1-6H3. The lowest BCUT2D eigenvalue weighted by atomic mass is 10.2. The number of nitrogens with zero attached hydrogens (tertiary/aromatic N) is 3. The van der Waals surface area contributed by atoms with Crippen molar-refractivity contribution in [3.8, 4) is 0 Å². The normalized spacial score (nSPS) is 12.0. The molecular formula is C16H24ClN3O3Si. The molecule has 2 aromatic rings. The number of carbonyl (C=O) groups is 1. The van der Waals surface area contributed by atoms with Crippen molar-refractivity contribution < 1.29 is 14.3 Å². The summed E-state index contributed by atoms with van der Waals surface area (Å²) >= 11 is 6.31. The molecule has 6 nitrogen and oxygen atoms in total. The molecule has 0 aromatic carbocycles. The molecular weight excluding hydrogens is 346 g/mol. The minimum atomic E-state index is -1.16. The summed E-state index contributed by atoms with van der Waals surface area (Å²) in [7, 11) is 0.194. The van der Waals surface area contributed by atoms with Crippen molar-refractivity contribution in [2.45, 2.75) is 46.3 Å². The summed E-state index contributed by atoms with van der Waals surface area (Å²) in [5.41, 5.74) is 2.24. The Labute approximate surface area is 148 Å². The van der Waals surface area contributed by atoms with Crippen LogP contribution >= 0.6 is 11.6 Å². The summed E-state index contributed by atoms with van der Waals surface area (Å²) in [4.78, 5) is 20.8. The average Bonchev–Trinajstić information content (AvgIpc) is 2.74. The third kappa shape index (κ3) is 3.96. The molecule has 24 heavy (non-hydrogen) atoms. The van der Waals surface area contributed by atoms with Crippen molar-refractivity contribution in [3.63, 3.8) is 0 Å². The van der Waals surface area contributed by atoms with Gasteiger partial charge in [-0.15, -0.1) is 0 Å². The monoisotopic (exact) mass is 369 g/mol. The molecule has 2 aromatic heterocycles. The molecule has 0 unspecified atom stereocenters. The lowest BCUT2D eigenvalue weighted by Gasteiger charge is -2.16. The van der Waals surface area contributed by atoms with Crippen LogP contribution in [0.4, 0.5) is 0 Å². The number of hydrogen-bond acceptors (Lipinski definition) is 5. The number of fused-ring (bicyclic) bond motifs is 1. The fraction of sp³-hybridized carbons (Fsp3) is 0.562. The highest BCUT2D eigenvalue weighted by atomic mass is 35.5. The number of ether oxygens (including phenoxy) is 2. The van der Waals surface area contributed by atoms with Gasteiger partial charge >= 0.3 is 5.97 Å². The highest BCUT2D eigenvalue weighted by molar-refractivity contribution is 6.76. The highest BCUT2D eigenvalue weighted by Gasteiger charge is 2.24. The van der Waals surface area contributed by atoms with Gasteiger partial charge in [0.2, 0.25) is 0 Å². The zero-order chi connectivity index (χ0) is 18.1. The Bertz CT molecular complexity index is 768. The lowest BCUT2D eigenvalue weighted by molar-refractivity contribution is 0.0599. The molecule has 0 amide bonds. The summed E-state index contributed by atoms with van der Waals surface area (Å²) in [6.45, 7) is 11.5. The quantitative estimate of drug-likeness (QED) is 0.335. The molecule has 8 heteroatoms. The van der Waals surface area contributed by atoms with Crippen molar-refractivity contribution >= 4 is 36.7 Å². The summed E-state index contributed by atoms with van der Waals surface area (Å²) in [6.07, 6.45) is 0. The Balaban J connectivity index is 2.42. The van der Waals surface area contributed by atoms with Crippen LogP contribution in [-0.2, 0) is 16.2 Å². The van der Waals surface area contributed by atoms with Crippen LogP contribution in [0.25, 0.3) is 11.0 Å². The van der Waals surface area contributed by atoms with Crippen LogP contribution in [-0.4, -0.2) is 42.3 Å². The summed E-state index contributed by atoms with van der Waals surface area (Å²) in [5, 5.41) is 0.310. The molecule has 0 aliphatic rings. The van der Waals surface area contributed by atoms with Gasteiger partial charge in [0.25, 0.3) is 0 Å². The van der Waals surface area contributed by atoms with E-state index in [1.807, 2.05) is 11.5 Å². The summed E-state index contributed by atoms with van der Waals surface area (Å²) < 4.78 is 12.6. The van der Waals surface area contributed by atoms with Crippen LogP contribution in [0.15, 0.2) is 0 Å². The Kier molecular flexibility index (Phi) is 5.67. The van der Waals surface area contributed by atoms with Gasteiger partial charge < -0.3 is 14.0 Å². The van der Waals surface area contributed by atoms with Crippen LogP contribution in [0.3, 0.4) is 0 Å². The number of carbonyl (C=O) groups excluding carboxylic acids is 1. The Morgan fingerprint density at radius 3 is 2.50 bits per heavy atom. The molecule has 0 saturated carbocycles. The third-order valence-corrected chi connectivity index (χ3v) is 5.80. The molecule has 0 saturated heterocycles. The molecule has 0 spiro atoms. The fourth-order valence-electron chi connectivity index (χ4n) is 2.46. The van der Waals surface area contributed by atoms with Crippen molar-refractivity contribution in [3.05, 3.63) is 22.2 Å². The Hall–Kier alpha value is -1.44. The highest BCUT2D eigenvalue weighted by Crippen LogP contribution is 2.29. The number of methoxy groups -OCH3 is 1. The molecule has 0 radical (unpaired) electrons. The average molecular weight is 370 g/mol. The van der Waals surface area contributed by atoms with Crippen LogP contribution in [0, 0.1) is 13.8 Å². The first-order chi connectivity index (χ1) is 11.2. The van der Waals surface area contributed by atoms with E-state index in [4.69, 9.17) is 21.1 Å². The van der Waals surface area contributed by atoms with E-state index in [0.717, 1.165) is 6.04 Å². The summed E-state index contributed by atoms with van der Waals surface area (Å²) in [6, 6.07) is 1.07. The van der Waals surface area contributed by atoms with Crippen molar-refractivity contribution in [1.82, 2.24) is 14.5 Å². The lowest BCUT2D eigenvalue weighted by Crippen LogP contribution is -2.22. The number of aryl methyl sites for hydroxylation is 1. The van der Waals surface area contributed by atoms with Gasteiger partial charge in [-0.2, -0.15) is 0 Å². The van der Waals surface area contributed by atoms with Crippen molar-refractivity contribution in [2.75, 3.05) is 13.7 Å².